The molecule has 2 fully saturated rings. The summed E-state index contributed by atoms with van der Waals surface area (Å²) >= 11 is 13.1. The summed E-state index contributed by atoms with van der Waals surface area (Å²) in [5.41, 5.74) is 1.72. The number of aromatic nitrogens is 1. The molecule has 32 heavy (non-hydrogen) atoms. The standard InChI is InChI=1S/C23H31Cl2N5O2/c1-30-20(5-4-18(24)22(30)28-12-15-6-9-32-10-7-15)17-11-21(27-14-19(17)25)29-23(31)16-3-2-8-26-13-16/h4-5,11,14-16,22,26,28H,2-3,6-10,12-13H2,1H3,(H,27,29,31). The number of hydrogen-bond donors (Lipinski definition) is 3. The molecule has 3 N–H and O–H groups in total. The molecular formula is C23H31Cl2N5O2. The Morgan fingerprint density at radius 2 is 2.09 bits per heavy atom. The summed E-state index contributed by atoms with van der Waals surface area (Å²) < 4.78 is 5.46. The van der Waals surface area contributed by atoms with Crippen molar-refractivity contribution in [1.82, 2.24) is 20.5 Å². The maximum atomic E-state index is 12.6. The second kappa shape index (κ2) is 11.0. The third kappa shape index (κ3) is 5.64. The van der Waals surface area contributed by atoms with Gasteiger partial charge in [-0.05, 0) is 56.4 Å². The molecule has 174 valence electrons. The van der Waals surface area contributed by atoms with Crippen LogP contribution in [0.3, 0.4) is 0 Å². The number of halogens is 2. The molecule has 2 saturated heterocycles. The van der Waals surface area contributed by atoms with E-state index in [0.717, 1.165) is 68.3 Å². The summed E-state index contributed by atoms with van der Waals surface area (Å²) in [6.45, 7) is 4.17. The summed E-state index contributed by atoms with van der Waals surface area (Å²) in [7, 11) is 1.99. The molecule has 9 heteroatoms. The lowest BCUT2D eigenvalue weighted by Crippen LogP contribution is -2.46. The van der Waals surface area contributed by atoms with E-state index in [1.807, 2.05) is 25.3 Å². The third-order valence-corrected chi connectivity index (χ3v) is 7.05. The monoisotopic (exact) mass is 479 g/mol. The van der Waals surface area contributed by atoms with Gasteiger partial charge in [0.2, 0.25) is 5.91 Å². The molecule has 1 aromatic rings. The van der Waals surface area contributed by atoms with Crippen LogP contribution in [0.15, 0.2) is 29.4 Å². The number of nitrogens with zero attached hydrogens (tertiary/aromatic N) is 2. The zero-order valence-electron chi connectivity index (χ0n) is 18.4. The number of ether oxygens (including phenoxy) is 1. The van der Waals surface area contributed by atoms with Gasteiger partial charge in [-0.2, -0.15) is 0 Å². The van der Waals surface area contributed by atoms with Gasteiger partial charge in [-0.1, -0.05) is 23.2 Å². The molecule has 0 saturated carbocycles. The van der Waals surface area contributed by atoms with Gasteiger partial charge >= 0.3 is 0 Å². The van der Waals surface area contributed by atoms with Gasteiger partial charge in [0, 0.05) is 50.8 Å². The Hall–Kier alpha value is -1.64. The summed E-state index contributed by atoms with van der Waals surface area (Å²) in [6, 6.07) is 1.83. The minimum absolute atomic E-state index is 0.0112. The van der Waals surface area contributed by atoms with E-state index in [4.69, 9.17) is 27.9 Å². The fourth-order valence-corrected chi connectivity index (χ4v) is 4.93. The third-order valence-electron chi connectivity index (χ3n) is 6.42. The first-order valence-electron chi connectivity index (χ1n) is 11.3. The van der Waals surface area contributed by atoms with Crippen molar-refractivity contribution in [2.24, 2.45) is 11.8 Å². The molecule has 3 aliphatic rings. The lowest BCUT2D eigenvalue weighted by atomic mass is 9.99. The van der Waals surface area contributed by atoms with Gasteiger partial charge in [-0.25, -0.2) is 4.98 Å². The van der Waals surface area contributed by atoms with Gasteiger partial charge < -0.3 is 20.3 Å². The Morgan fingerprint density at radius 3 is 2.84 bits per heavy atom. The largest absolute Gasteiger partial charge is 0.381 e. The van der Waals surface area contributed by atoms with Crippen molar-refractivity contribution in [3.63, 3.8) is 0 Å². The molecule has 7 nitrogen and oxygen atoms in total. The van der Waals surface area contributed by atoms with Crippen LogP contribution in [0.2, 0.25) is 5.02 Å². The van der Waals surface area contributed by atoms with E-state index in [0.29, 0.717) is 23.3 Å². The van der Waals surface area contributed by atoms with Crippen molar-refractivity contribution in [3.8, 4) is 0 Å². The van der Waals surface area contributed by atoms with E-state index in [1.54, 1.807) is 6.20 Å². The second-order valence-electron chi connectivity index (χ2n) is 8.66. The van der Waals surface area contributed by atoms with Crippen molar-refractivity contribution in [2.45, 2.75) is 31.8 Å². The molecule has 0 aliphatic carbocycles. The molecule has 0 aromatic carbocycles. The van der Waals surface area contributed by atoms with Crippen molar-refractivity contribution >= 4 is 40.6 Å². The summed E-state index contributed by atoms with van der Waals surface area (Å²) in [4.78, 5) is 19.0. The first-order chi connectivity index (χ1) is 15.5. The number of rotatable bonds is 6. The fourth-order valence-electron chi connectivity index (χ4n) is 4.44. The smallest absolute Gasteiger partial charge is 0.229 e. The van der Waals surface area contributed by atoms with Crippen LogP contribution in [0.5, 0.6) is 0 Å². The van der Waals surface area contributed by atoms with Gasteiger partial charge in [0.1, 0.15) is 12.0 Å². The first-order valence-corrected chi connectivity index (χ1v) is 12.1. The van der Waals surface area contributed by atoms with Crippen molar-refractivity contribution < 1.29 is 9.53 Å². The topological polar surface area (TPSA) is 78.5 Å². The normalized spacial score (nSPS) is 24.7. The average Bonchev–Trinajstić information content (AvgIpc) is 2.82. The fraction of sp³-hybridized carbons (Fsp3) is 0.565. The number of amides is 1. The number of carbonyl (C=O) groups excluding carboxylic acids is 1. The zero-order chi connectivity index (χ0) is 22.5. The van der Waals surface area contributed by atoms with Gasteiger partial charge in [-0.3, -0.25) is 10.1 Å². The minimum atomic E-state index is -0.143. The number of likely N-dealkylation sites (N-methyl/N-ethyl adjacent to an activating group) is 1. The number of hydrogen-bond acceptors (Lipinski definition) is 6. The molecular weight excluding hydrogens is 449 g/mol. The Morgan fingerprint density at radius 1 is 1.28 bits per heavy atom. The predicted molar refractivity (Wildman–Crippen MR) is 128 cm³/mol. The molecule has 2 unspecified atom stereocenters. The van der Waals surface area contributed by atoms with Gasteiger partial charge in [-0.15, -0.1) is 0 Å². The van der Waals surface area contributed by atoms with Crippen molar-refractivity contribution in [2.75, 3.05) is 45.2 Å². The van der Waals surface area contributed by atoms with Crippen LogP contribution >= 0.6 is 23.2 Å². The molecule has 4 rings (SSSR count). The lowest BCUT2D eigenvalue weighted by Gasteiger charge is -2.36. The molecule has 0 bridgehead atoms. The zero-order valence-corrected chi connectivity index (χ0v) is 19.9. The van der Waals surface area contributed by atoms with E-state index < -0.39 is 0 Å². The highest BCUT2D eigenvalue weighted by Crippen LogP contribution is 2.33. The number of allylic oxidation sites excluding steroid dienone is 2. The lowest BCUT2D eigenvalue weighted by molar-refractivity contribution is -0.120. The Bertz CT molecular complexity index is 879. The number of carbonyl (C=O) groups is 1. The highest BCUT2D eigenvalue weighted by atomic mass is 35.5. The molecule has 0 spiro atoms. The molecule has 1 amide bonds. The highest BCUT2D eigenvalue weighted by molar-refractivity contribution is 6.32. The van der Waals surface area contributed by atoms with Crippen LogP contribution in [0.4, 0.5) is 5.82 Å². The van der Waals surface area contributed by atoms with Crippen LogP contribution in [0.1, 0.15) is 31.2 Å². The van der Waals surface area contributed by atoms with Crippen LogP contribution in [-0.4, -0.2) is 61.9 Å². The molecule has 2 atom stereocenters. The number of nitrogens with one attached hydrogen (secondary N) is 3. The quantitative estimate of drug-likeness (QED) is 0.579. The number of pyridine rings is 1. The minimum Gasteiger partial charge on any atom is -0.381 e. The summed E-state index contributed by atoms with van der Waals surface area (Å²) in [6.07, 6.45) is 9.31. The van der Waals surface area contributed by atoms with E-state index in [9.17, 15) is 4.79 Å². The van der Waals surface area contributed by atoms with Crippen molar-refractivity contribution in [1.29, 1.82) is 0 Å². The average molecular weight is 480 g/mol. The Kier molecular flexibility index (Phi) is 8.07. The van der Waals surface area contributed by atoms with Gasteiger partial charge in [0.25, 0.3) is 0 Å². The maximum Gasteiger partial charge on any atom is 0.229 e. The SMILES string of the molecule is CN1C(c2cc(NC(=O)C3CCCNC3)ncc2Cl)=CC=C(Cl)C1NCC1CCOCC1. The van der Waals surface area contributed by atoms with E-state index in [-0.39, 0.29) is 18.0 Å². The summed E-state index contributed by atoms with van der Waals surface area (Å²) in [5.74, 6) is 1.03. The van der Waals surface area contributed by atoms with E-state index >= 15 is 0 Å². The predicted octanol–water partition coefficient (Wildman–Crippen LogP) is 3.42. The van der Waals surface area contributed by atoms with Gasteiger partial charge in [0.05, 0.1) is 16.0 Å². The van der Waals surface area contributed by atoms with E-state index in [1.165, 1.54) is 0 Å². The van der Waals surface area contributed by atoms with Crippen LogP contribution in [0.25, 0.3) is 5.70 Å². The molecule has 1 aromatic heterocycles. The summed E-state index contributed by atoms with van der Waals surface area (Å²) in [5, 5.41) is 11.1. The number of piperidine rings is 1. The number of anilines is 1. The highest BCUT2D eigenvalue weighted by Gasteiger charge is 2.27. The first kappa shape index (κ1) is 23.5. The Labute approximate surface area is 199 Å². The van der Waals surface area contributed by atoms with Crippen molar-refractivity contribution in [3.05, 3.63) is 40.0 Å². The maximum absolute atomic E-state index is 12.6. The second-order valence-corrected chi connectivity index (χ2v) is 9.51. The van der Waals surface area contributed by atoms with E-state index in [2.05, 4.69) is 25.8 Å². The van der Waals surface area contributed by atoms with Crippen LogP contribution in [0, 0.1) is 11.8 Å². The van der Waals surface area contributed by atoms with Gasteiger partial charge in [0.15, 0.2) is 0 Å². The Balaban J connectivity index is 1.46. The molecule has 0 radical (unpaired) electrons. The van der Waals surface area contributed by atoms with Crippen LogP contribution < -0.4 is 16.0 Å². The van der Waals surface area contributed by atoms with Crippen LogP contribution in [-0.2, 0) is 9.53 Å². The molecule has 4 heterocycles. The molecule has 3 aliphatic heterocycles.